The fourth-order valence-corrected chi connectivity index (χ4v) is 4.28. The first-order chi connectivity index (χ1) is 12.2. The van der Waals surface area contributed by atoms with Crippen LogP contribution in [0.15, 0.2) is 69.2 Å². The van der Waals surface area contributed by atoms with Gasteiger partial charge in [-0.3, -0.25) is 4.79 Å². The average Bonchev–Trinajstić information content (AvgIpc) is 3.07. The van der Waals surface area contributed by atoms with E-state index in [4.69, 9.17) is 0 Å². The van der Waals surface area contributed by atoms with Gasteiger partial charge in [0.2, 0.25) is 0 Å². The summed E-state index contributed by atoms with van der Waals surface area (Å²) in [7, 11) is 0. The van der Waals surface area contributed by atoms with E-state index in [1.807, 2.05) is 60.0 Å². The van der Waals surface area contributed by atoms with Crippen LogP contribution in [-0.2, 0) is 0 Å². The molecule has 0 spiro atoms. The van der Waals surface area contributed by atoms with Gasteiger partial charge in [0, 0.05) is 26.0 Å². The number of aromatic nitrogens is 1. The van der Waals surface area contributed by atoms with E-state index >= 15 is 0 Å². The van der Waals surface area contributed by atoms with Crippen LogP contribution in [0.25, 0.3) is 32.5 Å². The molecule has 2 aromatic carbocycles. The van der Waals surface area contributed by atoms with E-state index in [0.29, 0.717) is 11.3 Å². The van der Waals surface area contributed by atoms with Crippen LogP contribution in [0.2, 0.25) is 0 Å². The lowest BCUT2D eigenvalue weighted by Crippen LogP contribution is -2.12. The number of thiophene rings is 1. The predicted molar refractivity (Wildman–Crippen MR) is 106 cm³/mol. The molecule has 0 aliphatic rings. The highest BCUT2D eigenvalue weighted by Crippen LogP contribution is 2.33. The lowest BCUT2D eigenvalue weighted by Gasteiger charge is -2.08. The molecular weight excluding hydrogens is 396 g/mol. The van der Waals surface area contributed by atoms with Crippen molar-refractivity contribution in [3.05, 3.63) is 80.4 Å². The number of nitrogens with zero attached hydrogens (tertiary/aromatic N) is 1. The molecule has 0 saturated carbocycles. The number of pyridine rings is 1. The van der Waals surface area contributed by atoms with Crippen LogP contribution in [0.1, 0.15) is 5.56 Å². The van der Waals surface area contributed by atoms with Gasteiger partial charge in [-0.15, -0.1) is 11.3 Å². The molecule has 0 aliphatic carbocycles. The zero-order valence-corrected chi connectivity index (χ0v) is 15.3. The van der Waals surface area contributed by atoms with Gasteiger partial charge in [0.15, 0.2) is 0 Å². The zero-order valence-electron chi connectivity index (χ0n) is 12.9. The molecule has 1 N–H and O–H groups in total. The molecule has 4 rings (SSSR count). The summed E-state index contributed by atoms with van der Waals surface area (Å²) in [6, 6.07) is 20.0. The quantitative estimate of drug-likeness (QED) is 0.473. The Bertz CT molecular complexity index is 1200. The number of aromatic amines is 1. The van der Waals surface area contributed by atoms with Gasteiger partial charge < -0.3 is 4.98 Å². The second kappa shape index (κ2) is 6.32. The minimum atomic E-state index is -0.368. The molecule has 0 amide bonds. The topological polar surface area (TPSA) is 56.6 Å². The summed E-state index contributed by atoms with van der Waals surface area (Å²) in [4.78, 5) is 16.1. The molecule has 0 atom stereocenters. The maximum Gasteiger partial charge on any atom is 0.267 e. The fourth-order valence-electron chi connectivity index (χ4n) is 2.83. The molecule has 0 unspecified atom stereocenters. The Morgan fingerprint density at radius 3 is 2.56 bits per heavy atom. The van der Waals surface area contributed by atoms with Crippen LogP contribution >= 0.6 is 27.3 Å². The van der Waals surface area contributed by atoms with Gasteiger partial charge in [-0.05, 0) is 50.5 Å². The number of benzene rings is 2. The van der Waals surface area contributed by atoms with Crippen LogP contribution in [0, 0.1) is 11.3 Å². The molecule has 0 fully saturated rings. The standard InChI is InChI=1S/C20H11BrN2OS/c21-15-8-19(25-11-15)16-9-18(23-20(24)17(16)10-22)14-6-5-12-3-1-2-4-13(12)7-14/h1-9,11H,(H,23,24). The summed E-state index contributed by atoms with van der Waals surface area (Å²) >= 11 is 4.92. The summed E-state index contributed by atoms with van der Waals surface area (Å²) < 4.78 is 0.934. The largest absolute Gasteiger partial charge is 0.321 e. The smallest absolute Gasteiger partial charge is 0.267 e. The number of halogens is 1. The number of H-pyrrole nitrogens is 1. The van der Waals surface area contributed by atoms with Crippen molar-refractivity contribution in [3.8, 4) is 27.8 Å². The maximum atomic E-state index is 12.4. The van der Waals surface area contributed by atoms with E-state index in [2.05, 4.69) is 27.0 Å². The van der Waals surface area contributed by atoms with Crippen LogP contribution < -0.4 is 5.56 Å². The van der Waals surface area contributed by atoms with E-state index in [-0.39, 0.29) is 11.1 Å². The first-order valence-corrected chi connectivity index (χ1v) is 9.24. The Balaban J connectivity index is 1.94. The van der Waals surface area contributed by atoms with Gasteiger partial charge in [0.05, 0.1) is 0 Å². The van der Waals surface area contributed by atoms with Gasteiger partial charge in [0.1, 0.15) is 11.6 Å². The van der Waals surface area contributed by atoms with Crippen molar-refractivity contribution in [2.24, 2.45) is 0 Å². The Kier molecular flexibility index (Phi) is 4.00. The average molecular weight is 407 g/mol. The monoisotopic (exact) mass is 406 g/mol. The maximum absolute atomic E-state index is 12.4. The summed E-state index contributed by atoms with van der Waals surface area (Å²) in [5, 5.41) is 13.6. The van der Waals surface area contributed by atoms with Crippen molar-refractivity contribution >= 4 is 38.0 Å². The van der Waals surface area contributed by atoms with Gasteiger partial charge in [0.25, 0.3) is 5.56 Å². The zero-order chi connectivity index (χ0) is 17.4. The van der Waals surface area contributed by atoms with Gasteiger partial charge in [-0.1, -0.05) is 36.4 Å². The number of hydrogen-bond donors (Lipinski definition) is 1. The normalized spacial score (nSPS) is 10.7. The van der Waals surface area contributed by atoms with Crippen molar-refractivity contribution in [1.29, 1.82) is 5.26 Å². The van der Waals surface area contributed by atoms with E-state index in [0.717, 1.165) is 25.7 Å². The highest BCUT2D eigenvalue weighted by molar-refractivity contribution is 9.10. The molecule has 5 heteroatoms. The lowest BCUT2D eigenvalue weighted by atomic mass is 10.0. The van der Waals surface area contributed by atoms with Crippen LogP contribution in [0.4, 0.5) is 0 Å². The Morgan fingerprint density at radius 1 is 1.04 bits per heavy atom. The molecule has 4 aromatic rings. The molecule has 120 valence electrons. The van der Waals surface area contributed by atoms with Crippen LogP contribution in [0.3, 0.4) is 0 Å². The molecule has 0 bridgehead atoms. The SMILES string of the molecule is N#Cc1c(-c2cc(Br)cs2)cc(-c2ccc3ccccc3c2)[nH]c1=O. The number of nitrogens with one attached hydrogen (secondary N) is 1. The molecule has 0 saturated heterocycles. The predicted octanol–water partition coefficient (Wildman–Crippen LogP) is 5.56. The van der Waals surface area contributed by atoms with E-state index < -0.39 is 0 Å². The lowest BCUT2D eigenvalue weighted by molar-refractivity contribution is 1.22. The fraction of sp³-hybridized carbons (Fsp3) is 0. The third kappa shape index (κ3) is 2.91. The summed E-state index contributed by atoms with van der Waals surface area (Å²) in [5.41, 5.74) is 2.04. The number of nitriles is 1. The van der Waals surface area contributed by atoms with Crippen LogP contribution in [0.5, 0.6) is 0 Å². The Hall–Kier alpha value is -2.68. The summed E-state index contributed by atoms with van der Waals surface area (Å²) in [6.07, 6.45) is 0. The second-order valence-corrected chi connectivity index (χ2v) is 7.43. The highest BCUT2D eigenvalue weighted by Gasteiger charge is 2.14. The number of hydrogen-bond acceptors (Lipinski definition) is 3. The molecule has 25 heavy (non-hydrogen) atoms. The minimum Gasteiger partial charge on any atom is -0.321 e. The first-order valence-electron chi connectivity index (χ1n) is 7.57. The number of rotatable bonds is 2. The highest BCUT2D eigenvalue weighted by atomic mass is 79.9. The molecule has 0 aliphatic heterocycles. The van der Waals surface area contributed by atoms with Gasteiger partial charge >= 0.3 is 0 Å². The third-order valence-electron chi connectivity index (χ3n) is 4.04. The van der Waals surface area contributed by atoms with E-state index in [9.17, 15) is 10.1 Å². The van der Waals surface area contributed by atoms with E-state index in [1.54, 1.807) is 0 Å². The van der Waals surface area contributed by atoms with Crippen molar-refractivity contribution in [2.75, 3.05) is 0 Å². The summed E-state index contributed by atoms with van der Waals surface area (Å²) in [5.74, 6) is 0. The molecule has 0 radical (unpaired) electrons. The molecule has 2 heterocycles. The molecule has 3 nitrogen and oxygen atoms in total. The molecule has 2 aromatic heterocycles. The number of fused-ring (bicyclic) bond motifs is 1. The Morgan fingerprint density at radius 2 is 1.84 bits per heavy atom. The second-order valence-electron chi connectivity index (χ2n) is 5.60. The van der Waals surface area contributed by atoms with E-state index in [1.165, 1.54) is 11.3 Å². The summed E-state index contributed by atoms with van der Waals surface area (Å²) in [6.45, 7) is 0. The van der Waals surface area contributed by atoms with Gasteiger partial charge in [-0.2, -0.15) is 5.26 Å². The Labute approximate surface area is 156 Å². The van der Waals surface area contributed by atoms with Crippen molar-refractivity contribution in [2.45, 2.75) is 0 Å². The van der Waals surface area contributed by atoms with Crippen molar-refractivity contribution in [1.82, 2.24) is 4.98 Å². The van der Waals surface area contributed by atoms with Crippen molar-refractivity contribution < 1.29 is 0 Å². The van der Waals surface area contributed by atoms with Crippen molar-refractivity contribution in [3.63, 3.8) is 0 Å². The first kappa shape index (κ1) is 15.8. The minimum absolute atomic E-state index is 0.138. The van der Waals surface area contributed by atoms with Crippen LogP contribution in [-0.4, -0.2) is 4.98 Å². The molecular formula is C20H11BrN2OS. The third-order valence-corrected chi connectivity index (χ3v) is 5.76. The van der Waals surface area contributed by atoms with Gasteiger partial charge in [-0.25, -0.2) is 0 Å².